The molecule has 1 N–H and O–H groups in total. The maximum atomic E-state index is 5.42. The van der Waals surface area contributed by atoms with E-state index in [9.17, 15) is 0 Å². The Kier molecular flexibility index (Phi) is 5.04. The molecule has 0 aliphatic rings. The molecule has 1 atom stereocenters. The molecule has 0 spiro atoms. The highest BCUT2D eigenvalue weighted by Gasteiger charge is 2.20. The summed E-state index contributed by atoms with van der Waals surface area (Å²) in [5.74, 6) is 2.41. The van der Waals surface area contributed by atoms with Gasteiger partial charge in [0.1, 0.15) is 17.3 Å². The van der Waals surface area contributed by atoms with Crippen LogP contribution in [0.15, 0.2) is 42.9 Å². The summed E-state index contributed by atoms with van der Waals surface area (Å²) in [6.07, 6.45) is 5.53. The van der Waals surface area contributed by atoms with Crippen molar-refractivity contribution in [2.24, 2.45) is 14.1 Å². The predicted octanol–water partition coefficient (Wildman–Crippen LogP) is 2.05. The number of benzene rings is 1. The smallest absolute Gasteiger partial charge is 0.130 e. The third-order valence-electron chi connectivity index (χ3n) is 4.23. The van der Waals surface area contributed by atoms with E-state index in [4.69, 9.17) is 9.47 Å². The van der Waals surface area contributed by atoms with Crippen LogP contribution in [-0.2, 0) is 20.6 Å². The maximum Gasteiger partial charge on any atom is 0.130 e. The molecule has 7 nitrogen and oxygen atoms in total. The van der Waals surface area contributed by atoms with Crippen molar-refractivity contribution in [3.05, 3.63) is 59.9 Å². The van der Waals surface area contributed by atoms with Crippen LogP contribution in [0.2, 0.25) is 0 Å². The Bertz CT molecular complexity index is 817. The lowest BCUT2D eigenvalue weighted by Gasteiger charge is -2.20. The predicted molar refractivity (Wildman–Crippen MR) is 94.6 cm³/mol. The van der Waals surface area contributed by atoms with Crippen molar-refractivity contribution in [2.45, 2.75) is 12.6 Å². The monoisotopic (exact) mass is 341 g/mol. The van der Waals surface area contributed by atoms with Crippen LogP contribution < -0.4 is 14.8 Å². The zero-order valence-corrected chi connectivity index (χ0v) is 14.9. The number of aryl methyl sites for hydroxylation is 2. The molecule has 25 heavy (non-hydrogen) atoms. The van der Waals surface area contributed by atoms with Crippen LogP contribution in [0.3, 0.4) is 0 Å². The van der Waals surface area contributed by atoms with Gasteiger partial charge in [-0.05, 0) is 23.8 Å². The van der Waals surface area contributed by atoms with E-state index in [0.717, 1.165) is 28.6 Å². The van der Waals surface area contributed by atoms with Crippen molar-refractivity contribution in [3.63, 3.8) is 0 Å². The summed E-state index contributed by atoms with van der Waals surface area (Å²) in [6, 6.07) is 7.74. The summed E-state index contributed by atoms with van der Waals surface area (Å²) in [5, 5.41) is 7.79. The molecule has 2 aromatic heterocycles. The van der Waals surface area contributed by atoms with Crippen molar-refractivity contribution in [2.75, 3.05) is 14.2 Å². The van der Waals surface area contributed by atoms with Gasteiger partial charge in [0.2, 0.25) is 0 Å². The molecule has 7 heteroatoms. The van der Waals surface area contributed by atoms with Gasteiger partial charge in [-0.3, -0.25) is 10.00 Å². The van der Waals surface area contributed by atoms with Gasteiger partial charge < -0.3 is 14.0 Å². The quantitative estimate of drug-likeness (QED) is 0.712. The van der Waals surface area contributed by atoms with Gasteiger partial charge in [-0.2, -0.15) is 5.10 Å². The summed E-state index contributed by atoms with van der Waals surface area (Å²) in [7, 11) is 7.22. The molecule has 0 radical (unpaired) electrons. The Labute approximate surface area is 147 Å². The van der Waals surface area contributed by atoms with E-state index in [1.165, 1.54) is 0 Å². The first-order valence-corrected chi connectivity index (χ1v) is 8.03. The third kappa shape index (κ3) is 3.66. The molecular weight excluding hydrogens is 318 g/mol. The lowest BCUT2D eigenvalue weighted by molar-refractivity contribution is 0.392. The van der Waals surface area contributed by atoms with Crippen LogP contribution in [0.1, 0.15) is 23.1 Å². The largest absolute Gasteiger partial charge is 0.497 e. The fourth-order valence-electron chi connectivity index (χ4n) is 2.79. The highest BCUT2D eigenvalue weighted by Crippen LogP contribution is 2.29. The van der Waals surface area contributed by atoms with Gasteiger partial charge in [-0.25, -0.2) is 4.98 Å². The van der Waals surface area contributed by atoms with E-state index < -0.39 is 0 Å². The van der Waals surface area contributed by atoms with Gasteiger partial charge in [0.05, 0.1) is 26.0 Å². The molecule has 0 saturated carbocycles. The number of aromatic nitrogens is 4. The van der Waals surface area contributed by atoms with Crippen LogP contribution >= 0.6 is 0 Å². The van der Waals surface area contributed by atoms with Gasteiger partial charge >= 0.3 is 0 Å². The van der Waals surface area contributed by atoms with Crippen molar-refractivity contribution < 1.29 is 9.47 Å². The number of nitrogens with zero attached hydrogens (tertiary/aromatic N) is 4. The SMILES string of the molecule is COc1cc(OC)cc(C(NCc2ccnn2C)c2nccn2C)c1. The molecule has 3 rings (SSSR count). The van der Waals surface area contributed by atoms with Gasteiger partial charge in [-0.15, -0.1) is 0 Å². The lowest BCUT2D eigenvalue weighted by atomic mass is 10.0. The Morgan fingerprint density at radius 3 is 2.32 bits per heavy atom. The van der Waals surface area contributed by atoms with Gasteiger partial charge in [0.25, 0.3) is 0 Å². The minimum Gasteiger partial charge on any atom is -0.497 e. The van der Waals surface area contributed by atoms with E-state index >= 15 is 0 Å². The number of hydrogen-bond acceptors (Lipinski definition) is 5. The van der Waals surface area contributed by atoms with E-state index in [1.807, 2.05) is 53.8 Å². The van der Waals surface area contributed by atoms with Crippen LogP contribution in [0.4, 0.5) is 0 Å². The average Bonchev–Trinajstić information content (AvgIpc) is 3.23. The van der Waals surface area contributed by atoms with E-state index in [-0.39, 0.29) is 6.04 Å². The summed E-state index contributed by atoms with van der Waals surface area (Å²) >= 11 is 0. The fourth-order valence-corrected chi connectivity index (χ4v) is 2.79. The minimum atomic E-state index is -0.112. The number of methoxy groups -OCH3 is 2. The van der Waals surface area contributed by atoms with E-state index in [1.54, 1.807) is 26.6 Å². The minimum absolute atomic E-state index is 0.112. The molecule has 3 aromatic rings. The summed E-state index contributed by atoms with van der Waals surface area (Å²) in [6.45, 7) is 0.660. The molecular formula is C18H23N5O2. The topological polar surface area (TPSA) is 66.1 Å². The number of imidazole rings is 1. The molecule has 0 aliphatic carbocycles. The Morgan fingerprint density at radius 1 is 1.08 bits per heavy atom. The van der Waals surface area contributed by atoms with Crippen LogP contribution in [0.25, 0.3) is 0 Å². The Balaban J connectivity index is 1.96. The summed E-state index contributed by atoms with van der Waals surface area (Å²) in [4.78, 5) is 4.52. The normalized spacial score (nSPS) is 12.2. The molecule has 132 valence electrons. The number of ether oxygens (including phenoxy) is 2. The van der Waals surface area contributed by atoms with Crippen LogP contribution in [0, 0.1) is 0 Å². The summed E-state index contributed by atoms with van der Waals surface area (Å²) < 4.78 is 14.7. The van der Waals surface area contributed by atoms with Gasteiger partial charge in [0.15, 0.2) is 0 Å². The second-order valence-electron chi connectivity index (χ2n) is 5.80. The first kappa shape index (κ1) is 17.0. The Hall–Kier alpha value is -2.80. The number of nitrogens with one attached hydrogen (secondary N) is 1. The molecule has 0 bridgehead atoms. The lowest BCUT2D eigenvalue weighted by Crippen LogP contribution is -2.25. The second kappa shape index (κ2) is 7.40. The number of hydrogen-bond donors (Lipinski definition) is 1. The zero-order valence-electron chi connectivity index (χ0n) is 14.9. The van der Waals surface area contributed by atoms with Crippen LogP contribution in [-0.4, -0.2) is 33.6 Å². The highest BCUT2D eigenvalue weighted by molar-refractivity contribution is 5.41. The molecule has 0 amide bonds. The summed E-state index contributed by atoms with van der Waals surface area (Å²) in [5.41, 5.74) is 2.11. The molecule has 0 fully saturated rings. The molecule has 2 heterocycles. The first-order valence-electron chi connectivity index (χ1n) is 8.03. The van der Waals surface area contributed by atoms with Crippen molar-refractivity contribution in [1.29, 1.82) is 0 Å². The van der Waals surface area contributed by atoms with E-state index in [0.29, 0.717) is 6.54 Å². The fraction of sp³-hybridized carbons (Fsp3) is 0.333. The third-order valence-corrected chi connectivity index (χ3v) is 4.23. The average molecular weight is 341 g/mol. The van der Waals surface area contributed by atoms with Crippen molar-refractivity contribution >= 4 is 0 Å². The highest BCUT2D eigenvalue weighted by atomic mass is 16.5. The first-order chi connectivity index (χ1) is 12.1. The Morgan fingerprint density at radius 2 is 1.80 bits per heavy atom. The molecule has 0 aliphatic heterocycles. The van der Waals surface area contributed by atoms with Gasteiger partial charge in [-0.1, -0.05) is 0 Å². The second-order valence-corrected chi connectivity index (χ2v) is 5.80. The molecule has 1 unspecified atom stereocenters. The van der Waals surface area contributed by atoms with Crippen molar-refractivity contribution in [1.82, 2.24) is 24.6 Å². The zero-order chi connectivity index (χ0) is 17.8. The molecule has 0 saturated heterocycles. The van der Waals surface area contributed by atoms with Gasteiger partial charge in [0, 0.05) is 45.3 Å². The van der Waals surface area contributed by atoms with Crippen LogP contribution in [0.5, 0.6) is 11.5 Å². The molecule has 1 aromatic carbocycles. The van der Waals surface area contributed by atoms with Crippen molar-refractivity contribution in [3.8, 4) is 11.5 Å². The standard InChI is InChI=1S/C18H23N5O2/c1-22-8-7-19-18(22)17(20-12-14-5-6-21-23(14)2)13-9-15(24-3)11-16(10-13)25-4/h5-11,17,20H,12H2,1-4H3. The number of rotatable bonds is 7. The maximum absolute atomic E-state index is 5.42. The van der Waals surface area contributed by atoms with E-state index in [2.05, 4.69) is 15.4 Å².